The van der Waals surface area contributed by atoms with E-state index < -0.39 is 17.8 Å². The van der Waals surface area contributed by atoms with Gasteiger partial charge in [-0.05, 0) is 13.8 Å². The van der Waals surface area contributed by atoms with Crippen LogP contribution in [-0.4, -0.2) is 49.7 Å². The topological polar surface area (TPSA) is 40.3 Å². The fraction of sp³-hybridized carbons (Fsp3) is 0.312. The third-order valence-electron chi connectivity index (χ3n) is 3.49. The summed E-state index contributed by atoms with van der Waals surface area (Å²) in [4.78, 5) is 14.1. The fourth-order valence-electron chi connectivity index (χ4n) is 2.37. The monoisotopic (exact) mass is 356 g/mol. The number of nitrogens with zero attached hydrogens (tertiary/aromatic N) is 4. The van der Waals surface area contributed by atoms with E-state index in [0.29, 0.717) is 13.1 Å². The fourth-order valence-corrected chi connectivity index (χ4v) is 2.51. The smallest absolute Gasteiger partial charge is 0.266 e. The Kier molecular flexibility index (Phi) is 6.28. The van der Waals surface area contributed by atoms with Crippen LogP contribution in [0.25, 0.3) is 0 Å². The van der Waals surface area contributed by atoms with Crippen LogP contribution in [0.5, 0.6) is 0 Å². The molecule has 0 saturated carbocycles. The first kappa shape index (κ1) is 18.4. The van der Waals surface area contributed by atoms with Crippen LogP contribution in [0.3, 0.4) is 0 Å². The van der Waals surface area contributed by atoms with Gasteiger partial charge in [-0.1, -0.05) is 18.2 Å². The molecule has 0 radical (unpaired) electrons. The number of likely N-dealkylation sites (N-methyl/N-ethyl adjacent to an activating group) is 1. The zero-order valence-electron chi connectivity index (χ0n) is 13.0. The Bertz CT molecular complexity index is 713. The van der Waals surface area contributed by atoms with Crippen molar-refractivity contribution in [3.8, 4) is 0 Å². The molecular formula is C16H16ClF3N4. The number of benzene rings is 1. The van der Waals surface area contributed by atoms with Gasteiger partial charge in [-0.3, -0.25) is 9.89 Å². The van der Waals surface area contributed by atoms with Gasteiger partial charge in [0.15, 0.2) is 5.82 Å². The minimum absolute atomic E-state index is 0.0447. The second kappa shape index (κ2) is 8.21. The van der Waals surface area contributed by atoms with Crippen molar-refractivity contribution in [3.05, 3.63) is 46.5 Å². The normalized spacial score (nSPS) is 19.7. The maximum Gasteiger partial charge on any atom is 0.266 e. The van der Waals surface area contributed by atoms with Crippen molar-refractivity contribution in [2.24, 2.45) is 15.0 Å². The molecule has 0 amide bonds. The minimum Gasteiger partial charge on any atom is -0.296 e. The van der Waals surface area contributed by atoms with Crippen LogP contribution in [0.1, 0.15) is 17.6 Å². The minimum atomic E-state index is -2.89. The van der Waals surface area contributed by atoms with Crippen molar-refractivity contribution < 1.29 is 13.2 Å². The van der Waals surface area contributed by atoms with E-state index >= 15 is 0 Å². The van der Waals surface area contributed by atoms with Crippen molar-refractivity contribution >= 4 is 30.2 Å². The molecule has 0 atom stereocenters. The van der Waals surface area contributed by atoms with Gasteiger partial charge in [0.05, 0.1) is 11.3 Å². The van der Waals surface area contributed by atoms with Gasteiger partial charge in [0.2, 0.25) is 0 Å². The summed E-state index contributed by atoms with van der Waals surface area (Å²) < 4.78 is 39.5. The summed E-state index contributed by atoms with van der Waals surface area (Å²) in [7, 11) is 1.90. The lowest BCUT2D eigenvalue weighted by molar-refractivity contribution is 0.146. The predicted octanol–water partition coefficient (Wildman–Crippen LogP) is 3.68. The molecule has 4 nitrogen and oxygen atoms in total. The van der Waals surface area contributed by atoms with Gasteiger partial charge >= 0.3 is 0 Å². The van der Waals surface area contributed by atoms with E-state index in [0.717, 1.165) is 23.6 Å². The Balaban J connectivity index is 2.39. The Morgan fingerprint density at radius 1 is 1.42 bits per heavy atom. The van der Waals surface area contributed by atoms with Gasteiger partial charge < -0.3 is 0 Å². The quantitative estimate of drug-likeness (QED) is 0.451. The lowest BCUT2D eigenvalue weighted by Gasteiger charge is -2.05. The number of likely N-dealkylation sites (tertiary alicyclic amines) is 1. The highest BCUT2D eigenvalue weighted by Crippen LogP contribution is 2.24. The van der Waals surface area contributed by atoms with E-state index in [9.17, 15) is 13.2 Å². The van der Waals surface area contributed by atoms with Gasteiger partial charge in [-0.2, -0.15) is 0 Å². The zero-order chi connectivity index (χ0) is 17.7. The van der Waals surface area contributed by atoms with Crippen molar-refractivity contribution in [2.45, 2.75) is 6.43 Å². The van der Waals surface area contributed by atoms with Crippen molar-refractivity contribution in [2.75, 3.05) is 26.1 Å². The molecule has 0 spiro atoms. The van der Waals surface area contributed by atoms with Crippen LogP contribution < -0.4 is 0 Å². The summed E-state index contributed by atoms with van der Waals surface area (Å²) >= 11 is 5.65. The second-order valence-corrected chi connectivity index (χ2v) is 5.41. The SMILES string of the molecule is C=NC(/N=C/c1cccc(C(F)F)c1F)=C1/CN(C)C/C1=N/CCl. The summed E-state index contributed by atoms with van der Waals surface area (Å²) in [5, 5.41) is 0. The standard InChI is InChI=1S/C16H16ClF3N4/c1-21-16(12-7-24(2)8-13(12)23-9-17)22-6-10-4-3-5-11(14(10)18)15(19)20/h3-6,15H,1,7-9H2,2H3/b16-12+,22-6+,23-13-. The van der Waals surface area contributed by atoms with Gasteiger partial charge in [0, 0.05) is 30.4 Å². The molecule has 1 aliphatic rings. The first-order chi connectivity index (χ1) is 11.5. The molecule has 0 N–H and O–H groups in total. The molecule has 1 heterocycles. The molecule has 0 aliphatic carbocycles. The largest absolute Gasteiger partial charge is 0.296 e. The molecular weight excluding hydrogens is 341 g/mol. The predicted molar refractivity (Wildman–Crippen MR) is 91.2 cm³/mol. The highest BCUT2D eigenvalue weighted by molar-refractivity contribution is 6.19. The molecule has 0 unspecified atom stereocenters. The zero-order valence-corrected chi connectivity index (χ0v) is 13.8. The number of hydrogen-bond donors (Lipinski definition) is 0. The van der Waals surface area contributed by atoms with Crippen LogP contribution in [0.4, 0.5) is 13.2 Å². The first-order valence-electron chi connectivity index (χ1n) is 7.06. The average molecular weight is 357 g/mol. The number of halogens is 4. The molecule has 0 aromatic heterocycles. The Labute approximate surface area is 143 Å². The molecule has 2 rings (SSSR count). The van der Waals surface area contributed by atoms with E-state index in [1.165, 1.54) is 12.1 Å². The highest BCUT2D eigenvalue weighted by Gasteiger charge is 2.23. The maximum absolute atomic E-state index is 14.0. The maximum atomic E-state index is 14.0. The van der Waals surface area contributed by atoms with Crippen LogP contribution in [0.2, 0.25) is 0 Å². The molecule has 24 heavy (non-hydrogen) atoms. The van der Waals surface area contributed by atoms with Gasteiger partial charge in [-0.15, -0.1) is 11.6 Å². The lowest BCUT2D eigenvalue weighted by atomic mass is 10.1. The van der Waals surface area contributed by atoms with Crippen LogP contribution >= 0.6 is 11.6 Å². The molecule has 1 saturated heterocycles. The molecule has 1 aliphatic heterocycles. The third-order valence-corrected chi connectivity index (χ3v) is 3.61. The first-order valence-corrected chi connectivity index (χ1v) is 7.60. The van der Waals surface area contributed by atoms with E-state index in [4.69, 9.17) is 11.6 Å². The van der Waals surface area contributed by atoms with Gasteiger partial charge in [0.25, 0.3) is 6.43 Å². The summed E-state index contributed by atoms with van der Waals surface area (Å²) in [5.41, 5.74) is 0.755. The lowest BCUT2D eigenvalue weighted by Crippen LogP contribution is -2.13. The van der Waals surface area contributed by atoms with Crippen molar-refractivity contribution in [1.82, 2.24) is 4.90 Å². The van der Waals surface area contributed by atoms with Gasteiger partial charge in [-0.25, -0.2) is 23.2 Å². The van der Waals surface area contributed by atoms with E-state index in [1.54, 1.807) is 0 Å². The molecule has 1 fully saturated rings. The summed E-state index contributed by atoms with van der Waals surface area (Å²) in [6, 6.07) is 3.86. The molecule has 1 aromatic carbocycles. The Morgan fingerprint density at radius 2 is 2.17 bits per heavy atom. The van der Waals surface area contributed by atoms with E-state index in [1.807, 2.05) is 11.9 Å². The Morgan fingerprint density at radius 3 is 2.79 bits per heavy atom. The van der Waals surface area contributed by atoms with E-state index in [2.05, 4.69) is 21.7 Å². The van der Waals surface area contributed by atoms with Crippen LogP contribution in [0, 0.1) is 5.82 Å². The number of aliphatic imine (C=N–C) groups is 3. The molecule has 8 heteroatoms. The number of alkyl halides is 3. The average Bonchev–Trinajstić information content (AvgIpc) is 2.90. The Hall–Kier alpha value is -1.99. The van der Waals surface area contributed by atoms with E-state index in [-0.39, 0.29) is 17.4 Å². The van der Waals surface area contributed by atoms with Crippen molar-refractivity contribution in [3.63, 3.8) is 0 Å². The van der Waals surface area contributed by atoms with Crippen molar-refractivity contribution in [1.29, 1.82) is 0 Å². The number of hydrogen-bond acceptors (Lipinski definition) is 4. The van der Waals surface area contributed by atoms with Gasteiger partial charge in [0.1, 0.15) is 11.8 Å². The van der Waals surface area contributed by atoms with Crippen LogP contribution in [0.15, 0.2) is 44.6 Å². The third kappa shape index (κ3) is 4.10. The molecule has 0 bridgehead atoms. The highest BCUT2D eigenvalue weighted by atomic mass is 35.5. The molecule has 128 valence electrons. The molecule has 1 aromatic rings. The summed E-state index contributed by atoms with van der Waals surface area (Å²) in [5.74, 6) is -0.729. The summed E-state index contributed by atoms with van der Waals surface area (Å²) in [6.45, 7) is 4.60. The second-order valence-electron chi connectivity index (χ2n) is 5.17. The summed E-state index contributed by atoms with van der Waals surface area (Å²) in [6.07, 6.45) is -1.73. The number of rotatable bonds is 5. The van der Waals surface area contributed by atoms with Crippen LogP contribution in [-0.2, 0) is 0 Å².